The highest BCUT2D eigenvalue weighted by molar-refractivity contribution is 5.70. The standard InChI is InChI=1S/C19H28FN3O3/c1-19(2,3)26-18(25)23-10-14(11-23)17-16(8-15(20)9-21-17)22-6-4-13(12-24)5-7-22/h8-9,13-14,24H,4-7,10-12H2,1-3H3. The van der Waals surface area contributed by atoms with Crippen LogP contribution in [0.1, 0.15) is 45.2 Å². The fourth-order valence-corrected chi connectivity index (χ4v) is 3.49. The van der Waals surface area contributed by atoms with E-state index in [0.717, 1.165) is 37.3 Å². The summed E-state index contributed by atoms with van der Waals surface area (Å²) in [5.74, 6) is 0.0626. The van der Waals surface area contributed by atoms with Crippen molar-refractivity contribution in [3.8, 4) is 0 Å². The van der Waals surface area contributed by atoms with Gasteiger partial charge in [0, 0.05) is 44.8 Å². The molecule has 144 valence electrons. The third kappa shape index (κ3) is 4.26. The molecule has 1 aromatic heterocycles. The maximum absolute atomic E-state index is 13.8. The van der Waals surface area contributed by atoms with Crippen LogP contribution in [0.15, 0.2) is 12.3 Å². The van der Waals surface area contributed by atoms with Gasteiger partial charge in [-0.15, -0.1) is 0 Å². The molecule has 0 atom stereocenters. The lowest BCUT2D eigenvalue weighted by molar-refractivity contribution is 0.00789. The summed E-state index contributed by atoms with van der Waals surface area (Å²) in [5.41, 5.74) is 1.14. The minimum atomic E-state index is -0.515. The molecule has 0 aromatic carbocycles. The van der Waals surface area contributed by atoms with Gasteiger partial charge in [-0.3, -0.25) is 4.98 Å². The monoisotopic (exact) mass is 365 g/mol. The van der Waals surface area contributed by atoms with Crippen molar-refractivity contribution < 1.29 is 19.0 Å². The molecule has 0 bridgehead atoms. The predicted octanol–water partition coefficient (Wildman–Crippen LogP) is 2.76. The zero-order valence-corrected chi connectivity index (χ0v) is 15.7. The van der Waals surface area contributed by atoms with Crippen molar-refractivity contribution in [1.82, 2.24) is 9.88 Å². The Morgan fingerprint density at radius 2 is 2.00 bits per heavy atom. The van der Waals surface area contributed by atoms with E-state index in [4.69, 9.17) is 4.74 Å². The summed E-state index contributed by atoms with van der Waals surface area (Å²) >= 11 is 0. The summed E-state index contributed by atoms with van der Waals surface area (Å²) in [6, 6.07) is 1.54. The first kappa shape index (κ1) is 18.9. The second-order valence-electron chi connectivity index (χ2n) is 8.25. The van der Waals surface area contributed by atoms with Crippen LogP contribution < -0.4 is 4.90 Å². The Morgan fingerprint density at radius 1 is 1.35 bits per heavy atom. The molecule has 26 heavy (non-hydrogen) atoms. The minimum absolute atomic E-state index is 0.0914. The van der Waals surface area contributed by atoms with Gasteiger partial charge >= 0.3 is 6.09 Å². The van der Waals surface area contributed by atoms with E-state index >= 15 is 0 Å². The third-order valence-corrected chi connectivity index (χ3v) is 5.00. The van der Waals surface area contributed by atoms with E-state index in [-0.39, 0.29) is 24.4 Å². The molecule has 0 aliphatic carbocycles. The number of hydrogen-bond donors (Lipinski definition) is 1. The quantitative estimate of drug-likeness (QED) is 0.892. The number of anilines is 1. The average molecular weight is 365 g/mol. The van der Waals surface area contributed by atoms with Crippen LogP contribution in [-0.4, -0.2) is 59.5 Å². The van der Waals surface area contributed by atoms with Gasteiger partial charge in [0.1, 0.15) is 11.4 Å². The molecular weight excluding hydrogens is 337 g/mol. The first-order valence-corrected chi connectivity index (χ1v) is 9.26. The van der Waals surface area contributed by atoms with Gasteiger partial charge in [-0.1, -0.05) is 0 Å². The van der Waals surface area contributed by atoms with E-state index in [2.05, 4.69) is 9.88 Å². The van der Waals surface area contributed by atoms with Crippen LogP contribution in [0.3, 0.4) is 0 Å². The lowest BCUT2D eigenvalue weighted by Gasteiger charge is -2.41. The maximum Gasteiger partial charge on any atom is 0.410 e. The van der Waals surface area contributed by atoms with Crippen LogP contribution >= 0.6 is 0 Å². The van der Waals surface area contributed by atoms with Gasteiger partial charge < -0.3 is 19.6 Å². The summed E-state index contributed by atoms with van der Waals surface area (Å²) in [5, 5.41) is 9.30. The number of piperidine rings is 1. The van der Waals surface area contributed by atoms with Crippen molar-refractivity contribution in [2.75, 3.05) is 37.7 Å². The summed E-state index contributed by atoms with van der Waals surface area (Å²) in [4.78, 5) is 20.3. The Morgan fingerprint density at radius 3 is 2.58 bits per heavy atom. The predicted molar refractivity (Wildman–Crippen MR) is 96.8 cm³/mol. The molecule has 2 aliphatic rings. The van der Waals surface area contributed by atoms with Crippen LogP contribution in [0, 0.1) is 11.7 Å². The number of nitrogens with zero attached hydrogens (tertiary/aromatic N) is 3. The molecule has 1 amide bonds. The van der Waals surface area contributed by atoms with Crippen LogP contribution in [0.4, 0.5) is 14.9 Å². The average Bonchev–Trinajstić information content (AvgIpc) is 2.53. The summed E-state index contributed by atoms with van der Waals surface area (Å²) in [6.45, 7) is 8.38. The number of pyridine rings is 1. The number of carbonyl (C=O) groups is 1. The van der Waals surface area contributed by atoms with E-state index < -0.39 is 5.60 Å². The van der Waals surface area contributed by atoms with Crippen molar-refractivity contribution in [3.05, 3.63) is 23.8 Å². The molecule has 2 fully saturated rings. The van der Waals surface area contributed by atoms with E-state index in [1.54, 1.807) is 4.90 Å². The van der Waals surface area contributed by atoms with E-state index in [1.165, 1.54) is 12.3 Å². The molecule has 2 aliphatic heterocycles. The van der Waals surface area contributed by atoms with Crippen molar-refractivity contribution in [2.24, 2.45) is 5.92 Å². The molecule has 0 radical (unpaired) electrons. The number of rotatable bonds is 3. The van der Waals surface area contributed by atoms with Crippen LogP contribution in [0.2, 0.25) is 0 Å². The highest BCUT2D eigenvalue weighted by Crippen LogP contribution is 2.35. The van der Waals surface area contributed by atoms with E-state index in [9.17, 15) is 14.3 Å². The zero-order chi connectivity index (χ0) is 18.9. The fourth-order valence-electron chi connectivity index (χ4n) is 3.49. The Bertz CT molecular complexity index is 648. The zero-order valence-electron chi connectivity index (χ0n) is 15.7. The molecule has 0 saturated carbocycles. The number of aliphatic hydroxyl groups excluding tert-OH is 1. The first-order chi connectivity index (χ1) is 12.3. The lowest BCUT2D eigenvalue weighted by atomic mass is 9.92. The van der Waals surface area contributed by atoms with E-state index in [1.807, 2.05) is 20.8 Å². The van der Waals surface area contributed by atoms with Crippen LogP contribution in [-0.2, 0) is 4.74 Å². The van der Waals surface area contributed by atoms with Gasteiger partial charge in [-0.25, -0.2) is 9.18 Å². The minimum Gasteiger partial charge on any atom is -0.444 e. The number of ether oxygens (including phenoxy) is 1. The number of aromatic nitrogens is 1. The second-order valence-corrected chi connectivity index (χ2v) is 8.25. The maximum atomic E-state index is 13.8. The molecule has 1 aromatic rings. The molecule has 6 nitrogen and oxygen atoms in total. The topological polar surface area (TPSA) is 65.9 Å². The van der Waals surface area contributed by atoms with Gasteiger partial charge in [0.2, 0.25) is 0 Å². The SMILES string of the molecule is CC(C)(C)OC(=O)N1CC(c2ncc(F)cc2N2CCC(CO)CC2)C1. The van der Waals surface area contributed by atoms with Crippen LogP contribution in [0.5, 0.6) is 0 Å². The molecule has 7 heteroatoms. The van der Waals surface area contributed by atoms with Gasteiger partial charge in [0.05, 0.1) is 17.6 Å². The number of aliphatic hydroxyl groups is 1. The molecule has 0 spiro atoms. The molecule has 2 saturated heterocycles. The molecule has 1 N–H and O–H groups in total. The van der Waals surface area contributed by atoms with Gasteiger partial charge in [0.15, 0.2) is 0 Å². The van der Waals surface area contributed by atoms with Crippen LogP contribution in [0.25, 0.3) is 0 Å². The number of carbonyl (C=O) groups excluding carboxylic acids is 1. The van der Waals surface area contributed by atoms with Crippen molar-refractivity contribution in [3.63, 3.8) is 0 Å². The van der Waals surface area contributed by atoms with Gasteiger partial charge in [0.25, 0.3) is 0 Å². The highest BCUT2D eigenvalue weighted by atomic mass is 19.1. The normalized spacial score (nSPS) is 19.4. The molecule has 3 rings (SSSR count). The Kier molecular flexibility index (Phi) is 5.37. The highest BCUT2D eigenvalue weighted by Gasteiger charge is 2.37. The number of amides is 1. The van der Waals surface area contributed by atoms with E-state index in [0.29, 0.717) is 19.0 Å². The number of halogens is 1. The Balaban J connectivity index is 1.67. The summed E-state index contributed by atoms with van der Waals surface area (Å²) in [6.07, 6.45) is 2.71. The lowest BCUT2D eigenvalue weighted by Crippen LogP contribution is -2.51. The smallest absolute Gasteiger partial charge is 0.410 e. The van der Waals surface area contributed by atoms with Crippen molar-refractivity contribution in [2.45, 2.75) is 45.1 Å². The number of hydrogen-bond acceptors (Lipinski definition) is 5. The Labute approximate surface area is 154 Å². The summed E-state index contributed by atoms with van der Waals surface area (Å²) in [7, 11) is 0. The van der Waals surface area contributed by atoms with Gasteiger partial charge in [-0.05, 0) is 39.5 Å². The number of likely N-dealkylation sites (tertiary alicyclic amines) is 1. The molecular formula is C19H28FN3O3. The van der Waals surface area contributed by atoms with Crippen molar-refractivity contribution >= 4 is 11.8 Å². The van der Waals surface area contributed by atoms with Crippen molar-refractivity contribution in [1.29, 1.82) is 0 Å². The fraction of sp³-hybridized carbons (Fsp3) is 0.684. The third-order valence-electron chi connectivity index (χ3n) is 5.00. The molecule has 0 unspecified atom stereocenters. The van der Waals surface area contributed by atoms with Gasteiger partial charge in [-0.2, -0.15) is 0 Å². The largest absolute Gasteiger partial charge is 0.444 e. The summed E-state index contributed by atoms with van der Waals surface area (Å²) < 4.78 is 19.2. The second kappa shape index (κ2) is 7.39. The Hall–Kier alpha value is -1.89. The first-order valence-electron chi connectivity index (χ1n) is 9.26. The molecule has 3 heterocycles.